The second-order valence-electron chi connectivity index (χ2n) is 7.93. The zero-order valence-corrected chi connectivity index (χ0v) is 16.6. The van der Waals surface area contributed by atoms with Crippen molar-refractivity contribution in [2.75, 3.05) is 42.0 Å². The molecule has 0 unspecified atom stereocenters. The summed E-state index contributed by atoms with van der Waals surface area (Å²) < 4.78 is 0. The van der Waals surface area contributed by atoms with E-state index in [9.17, 15) is 0 Å². The normalized spacial score (nSPS) is 15.2. The Morgan fingerprint density at radius 1 is 0.724 bits per heavy atom. The lowest BCUT2D eigenvalue weighted by Crippen LogP contribution is -2.45. The fourth-order valence-electron chi connectivity index (χ4n) is 4.77. The molecule has 4 heteroatoms. The third-order valence-corrected chi connectivity index (χ3v) is 6.19. The molecule has 0 spiro atoms. The third kappa shape index (κ3) is 2.35. The van der Waals surface area contributed by atoms with Crippen LogP contribution in [0.4, 0.5) is 22.7 Å². The van der Waals surface area contributed by atoms with Crippen LogP contribution in [-0.4, -0.2) is 33.1 Å². The zero-order valence-electron chi connectivity index (χ0n) is 16.6. The highest BCUT2D eigenvalue weighted by Gasteiger charge is 2.26. The molecule has 0 aromatic heterocycles. The minimum Gasteiger partial charge on any atom is -0.356 e. The Balaban J connectivity index is 1.46. The number of likely N-dealkylation sites (N-methyl/N-ethyl adjacent to an activating group) is 1. The molecule has 6 rings (SSSR count). The SMILES string of the molecule is CN1CN(CC2=Nc3cccc4cccc(c34)N2C)c2cccc3cccc1c23. The van der Waals surface area contributed by atoms with Crippen molar-refractivity contribution >= 4 is 50.1 Å². The van der Waals surface area contributed by atoms with Gasteiger partial charge in [0.05, 0.1) is 24.6 Å². The van der Waals surface area contributed by atoms with Crippen molar-refractivity contribution in [2.24, 2.45) is 4.99 Å². The molecule has 0 aliphatic carbocycles. The number of nitrogens with zero attached hydrogens (tertiary/aromatic N) is 4. The Kier molecular flexibility index (Phi) is 3.39. The molecule has 0 fully saturated rings. The van der Waals surface area contributed by atoms with E-state index >= 15 is 0 Å². The molecule has 4 nitrogen and oxygen atoms in total. The number of hydrogen-bond acceptors (Lipinski definition) is 4. The molecule has 0 N–H and O–H groups in total. The third-order valence-electron chi connectivity index (χ3n) is 6.19. The maximum Gasteiger partial charge on any atom is 0.129 e. The summed E-state index contributed by atoms with van der Waals surface area (Å²) in [5.74, 6) is 1.07. The molecule has 0 saturated heterocycles. The van der Waals surface area contributed by atoms with Gasteiger partial charge >= 0.3 is 0 Å². The summed E-state index contributed by atoms with van der Waals surface area (Å²) in [6.07, 6.45) is 0. The zero-order chi connectivity index (χ0) is 19.5. The summed E-state index contributed by atoms with van der Waals surface area (Å²) >= 11 is 0. The number of anilines is 3. The Bertz CT molecular complexity index is 1300. The van der Waals surface area contributed by atoms with Crippen molar-refractivity contribution in [1.29, 1.82) is 0 Å². The Morgan fingerprint density at radius 3 is 2.10 bits per heavy atom. The van der Waals surface area contributed by atoms with Crippen LogP contribution in [0.5, 0.6) is 0 Å². The van der Waals surface area contributed by atoms with Crippen molar-refractivity contribution < 1.29 is 0 Å². The molecule has 2 aliphatic heterocycles. The number of aliphatic imine (C=N–C) groups is 1. The summed E-state index contributed by atoms with van der Waals surface area (Å²) in [6.45, 7) is 1.61. The van der Waals surface area contributed by atoms with E-state index in [-0.39, 0.29) is 0 Å². The standard InChI is InChI=1S/C25H22N4/c1-27-16-29(22-14-6-10-18-9-4-12-20(27)25(18)22)15-23-26-19-11-3-7-17-8-5-13-21(24(17)19)28(23)2/h3-14H,15-16H2,1-2H3. The van der Waals surface area contributed by atoms with Gasteiger partial charge in [-0.3, -0.25) is 0 Å². The van der Waals surface area contributed by atoms with Gasteiger partial charge in [-0.25, -0.2) is 4.99 Å². The highest BCUT2D eigenvalue weighted by Crippen LogP contribution is 2.40. The number of benzene rings is 4. The van der Waals surface area contributed by atoms with E-state index in [1.54, 1.807) is 0 Å². The second kappa shape index (κ2) is 5.98. The maximum absolute atomic E-state index is 5.07. The molecule has 2 heterocycles. The molecule has 0 radical (unpaired) electrons. The van der Waals surface area contributed by atoms with E-state index in [4.69, 9.17) is 4.99 Å². The summed E-state index contributed by atoms with van der Waals surface area (Å²) in [5.41, 5.74) is 4.87. The van der Waals surface area contributed by atoms with E-state index < -0.39 is 0 Å². The molecule has 2 aliphatic rings. The van der Waals surface area contributed by atoms with Crippen LogP contribution < -0.4 is 14.7 Å². The van der Waals surface area contributed by atoms with Gasteiger partial charge in [0.2, 0.25) is 0 Å². The lowest BCUT2D eigenvalue weighted by Gasteiger charge is -2.39. The average molecular weight is 378 g/mol. The minimum atomic E-state index is 0.763. The first-order chi connectivity index (χ1) is 14.2. The lowest BCUT2D eigenvalue weighted by atomic mass is 10.0. The first-order valence-electron chi connectivity index (χ1n) is 10.0. The predicted octanol–water partition coefficient (Wildman–Crippen LogP) is 5.39. The van der Waals surface area contributed by atoms with Gasteiger partial charge < -0.3 is 14.7 Å². The van der Waals surface area contributed by atoms with Gasteiger partial charge in [0.15, 0.2) is 0 Å². The van der Waals surface area contributed by atoms with E-state index in [1.165, 1.54) is 38.6 Å². The Labute approximate surface area is 170 Å². The molecule has 0 atom stereocenters. The highest BCUT2D eigenvalue weighted by molar-refractivity contribution is 6.16. The molecule has 0 bridgehead atoms. The summed E-state index contributed by atoms with van der Waals surface area (Å²) in [4.78, 5) is 12.1. The van der Waals surface area contributed by atoms with Crippen LogP contribution >= 0.6 is 0 Å². The van der Waals surface area contributed by atoms with Gasteiger partial charge in [-0.05, 0) is 35.0 Å². The Hall–Kier alpha value is -3.53. The summed E-state index contributed by atoms with van der Waals surface area (Å²) in [7, 11) is 4.30. The van der Waals surface area contributed by atoms with Crippen LogP contribution in [0.3, 0.4) is 0 Å². The van der Waals surface area contributed by atoms with E-state index in [2.05, 4.69) is 102 Å². The van der Waals surface area contributed by atoms with E-state index in [1.807, 2.05) is 0 Å². The number of hydrogen-bond donors (Lipinski definition) is 0. The molecule has 0 amide bonds. The van der Waals surface area contributed by atoms with Crippen molar-refractivity contribution in [1.82, 2.24) is 0 Å². The number of amidine groups is 1. The quantitative estimate of drug-likeness (QED) is 0.467. The van der Waals surface area contributed by atoms with Gasteiger partial charge in [-0.15, -0.1) is 0 Å². The van der Waals surface area contributed by atoms with Gasteiger partial charge in [0, 0.05) is 36.2 Å². The summed E-state index contributed by atoms with van der Waals surface area (Å²) in [5, 5.41) is 5.09. The number of rotatable bonds is 2. The van der Waals surface area contributed by atoms with E-state index in [0.717, 1.165) is 24.7 Å². The molecule has 142 valence electrons. The molecule has 0 saturated carbocycles. The predicted molar refractivity (Wildman–Crippen MR) is 124 cm³/mol. The largest absolute Gasteiger partial charge is 0.356 e. The van der Waals surface area contributed by atoms with Gasteiger partial charge in [-0.1, -0.05) is 48.5 Å². The van der Waals surface area contributed by atoms with Crippen molar-refractivity contribution in [3.63, 3.8) is 0 Å². The molecular weight excluding hydrogens is 356 g/mol. The average Bonchev–Trinajstić information content (AvgIpc) is 2.75. The molecular formula is C25H22N4. The second-order valence-corrected chi connectivity index (χ2v) is 7.93. The highest BCUT2D eigenvalue weighted by atomic mass is 15.3. The Morgan fingerprint density at radius 2 is 1.34 bits per heavy atom. The fraction of sp³-hybridized carbons (Fsp3) is 0.160. The van der Waals surface area contributed by atoms with Crippen LogP contribution in [0.1, 0.15) is 0 Å². The fourth-order valence-corrected chi connectivity index (χ4v) is 4.77. The van der Waals surface area contributed by atoms with Gasteiger partial charge in [-0.2, -0.15) is 0 Å². The van der Waals surface area contributed by atoms with Gasteiger partial charge in [0.25, 0.3) is 0 Å². The van der Waals surface area contributed by atoms with Crippen LogP contribution in [-0.2, 0) is 0 Å². The first-order valence-corrected chi connectivity index (χ1v) is 10.0. The van der Waals surface area contributed by atoms with Crippen molar-refractivity contribution in [3.05, 3.63) is 72.8 Å². The first kappa shape index (κ1) is 16.4. The van der Waals surface area contributed by atoms with Crippen LogP contribution in [0.15, 0.2) is 77.8 Å². The van der Waals surface area contributed by atoms with Crippen LogP contribution in [0, 0.1) is 0 Å². The van der Waals surface area contributed by atoms with Crippen molar-refractivity contribution in [3.8, 4) is 0 Å². The lowest BCUT2D eigenvalue weighted by molar-refractivity contribution is 0.818. The molecule has 4 aromatic carbocycles. The topological polar surface area (TPSA) is 22.1 Å². The van der Waals surface area contributed by atoms with E-state index in [0.29, 0.717) is 0 Å². The van der Waals surface area contributed by atoms with Crippen LogP contribution in [0.2, 0.25) is 0 Å². The monoisotopic (exact) mass is 378 g/mol. The molecule has 29 heavy (non-hydrogen) atoms. The van der Waals surface area contributed by atoms with Crippen molar-refractivity contribution in [2.45, 2.75) is 0 Å². The van der Waals surface area contributed by atoms with Crippen LogP contribution in [0.25, 0.3) is 21.5 Å². The summed E-state index contributed by atoms with van der Waals surface area (Å²) in [6, 6.07) is 26.0. The molecule has 4 aromatic rings. The smallest absolute Gasteiger partial charge is 0.129 e. The van der Waals surface area contributed by atoms with Gasteiger partial charge in [0.1, 0.15) is 5.84 Å². The maximum atomic E-state index is 5.07. The minimum absolute atomic E-state index is 0.763.